The van der Waals surface area contributed by atoms with Crippen LogP contribution in [0.4, 0.5) is 5.69 Å². The van der Waals surface area contributed by atoms with Crippen molar-refractivity contribution < 1.29 is 9.21 Å². The Balaban J connectivity index is 1.36. The van der Waals surface area contributed by atoms with E-state index in [4.69, 9.17) is 16.0 Å². The molecule has 0 N–H and O–H groups in total. The van der Waals surface area contributed by atoms with Gasteiger partial charge in [-0.2, -0.15) is 0 Å². The molecule has 0 unspecified atom stereocenters. The predicted molar refractivity (Wildman–Crippen MR) is 108 cm³/mol. The molecule has 2 saturated heterocycles. The first-order valence-corrected chi connectivity index (χ1v) is 10.1. The molecular formula is C21H26ClN3O2. The summed E-state index contributed by atoms with van der Waals surface area (Å²) in [6, 6.07) is 10.3. The Hall–Kier alpha value is -1.98. The van der Waals surface area contributed by atoms with Crippen molar-refractivity contribution in [1.82, 2.24) is 9.80 Å². The molecule has 5 nitrogen and oxygen atoms in total. The summed E-state index contributed by atoms with van der Waals surface area (Å²) < 4.78 is 5.31. The van der Waals surface area contributed by atoms with Crippen molar-refractivity contribution in [3.05, 3.63) is 52.9 Å². The standard InChI is InChI=1S/C21H26ClN3O2/c1-16-20(7-13-27-16)21(26)25-8-3-6-19(15-25)24-11-9-23(10-12-24)18-5-2-4-17(22)14-18/h2,4-5,7,13-14,19H,3,6,8-12,15H2,1H3/t19-/m1/s1. The van der Waals surface area contributed by atoms with E-state index < -0.39 is 0 Å². The number of likely N-dealkylation sites (tertiary alicyclic amines) is 1. The van der Waals surface area contributed by atoms with Gasteiger partial charge in [0.05, 0.1) is 11.8 Å². The summed E-state index contributed by atoms with van der Waals surface area (Å²) in [4.78, 5) is 19.7. The highest BCUT2D eigenvalue weighted by molar-refractivity contribution is 6.30. The van der Waals surface area contributed by atoms with Gasteiger partial charge in [0.2, 0.25) is 0 Å². The number of furan rings is 1. The fourth-order valence-electron chi connectivity index (χ4n) is 4.23. The Morgan fingerprint density at radius 3 is 2.67 bits per heavy atom. The molecule has 4 rings (SSSR count). The molecule has 2 fully saturated rings. The third-order valence-corrected chi connectivity index (χ3v) is 6.01. The number of hydrogen-bond acceptors (Lipinski definition) is 4. The van der Waals surface area contributed by atoms with Gasteiger partial charge in [0.25, 0.3) is 5.91 Å². The average Bonchev–Trinajstić information content (AvgIpc) is 3.13. The number of amides is 1. The van der Waals surface area contributed by atoms with Crippen LogP contribution in [0.1, 0.15) is 29.0 Å². The molecule has 1 amide bonds. The minimum Gasteiger partial charge on any atom is -0.469 e. The van der Waals surface area contributed by atoms with E-state index in [0.717, 1.165) is 57.1 Å². The van der Waals surface area contributed by atoms with Crippen LogP contribution >= 0.6 is 11.6 Å². The molecule has 1 aromatic heterocycles. The Morgan fingerprint density at radius 1 is 1.15 bits per heavy atom. The van der Waals surface area contributed by atoms with E-state index in [2.05, 4.69) is 15.9 Å². The molecule has 27 heavy (non-hydrogen) atoms. The van der Waals surface area contributed by atoms with Gasteiger partial charge in [0.1, 0.15) is 5.76 Å². The molecule has 2 aliphatic rings. The maximum absolute atomic E-state index is 12.8. The smallest absolute Gasteiger partial charge is 0.257 e. The number of piperazine rings is 1. The highest BCUT2D eigenvalue weighted by atomic mass is 35.5. The van der Waals surface area contributed by atoms with Crippen molar-refractivity contribution in [2.45, 2.75) is 25.8 Å². The number of nitrogens with zero attached hydrogens (tertiary/aromatic N) is 3. The molecule has 2 aliphatic heterocycles. The van der Waals surface area contributed by atoms with Crippen LogP contribution in [0.5, 0.6) is 0 Å². The highest BCUT2D eigenvalue weighted by Crippen LogP contribution is 2.24. The monoisotopic (exact) mass is 387 g/mol. The lowest BCUT2D eigenvalue weighted by atomic mass is 10.0. The van der Waals surface area contributed by atoms with Crippen molar-refractivity contribution >= 4 is 23.2 Å². The first kappa shape index (κ1) is 18.4. The van der Waals surface area contributed by atoms with Gasteiger partial charge < -0.3 is 14.2 Å². The van der Waals surface area contributed by atoms with Crippen LogP contribution in [0.3, 0.4) is 0 Å². The molecular weight excluding hydrogens is 362 g/mol. The Morgan fingerprint density at radius 2 is 1.96 bits per heavy atom. The van der Waals surface area contributed by atoms with Crippen molar-refractivity contribution in [3.8, 4) is 0 Å². The molecule has 0 saturated carbocycles. The number of rotatable bonds is 3. The maximum Gasteiger partial charge on any atom is 0.257 e. The van der Waals surface area contributed by atoms with Gasteiger partial charge in [-0.05, 0) is 44.0 Å². The zero-order valence-electron chi connectivity index (χ0n) is 15.7. The summed E-state index contributed by atoms with van der Waals surface area (Å²) in [5.41, 5.74) is 1.89. The summed E-state index contributed by atoms with van der Waals surface area (Å²) in [6.07, 6.45) is 3.81. The fraction of sp³-hybridized carbons (Fsp3) is 0.476. The van der Waals surface area contributed by atoms with Crippen LogP contribution in [0.15, 0.2) is 41.0 Å². The zero-order chi connectivity index (χ0) is 18.8. The molecule has 3 heterocycles. The third-order valence-electron chi connectivity index (χ3n) is 5.78. The van der Waals surface area contributed by atoms with Crippen LogP contribution < -0.4 is 4.90 Å². The van der Waals surface area contributed by atoms with Gasteiger partial charge in [-0.3, -0.25) is 9.69 Å². The Labute approximate surface area is 165 Å². The summed E-state index contributed by atoms with van der Waals surface area (Å²) in [5, 5.41) is 0.783. The molecule has 0 radical (unpaired) electrons. The van der Waals surface area contributed by atoms with Gasteiger partial charge in [-0.25, -0.2) is 0 Å². The number of carbonyl (C=O) groups is 1. The summed E-state index contributed by atoms with van der Waals surface area (Å²) in [5.74, 6) is 0.806. The maximum atomic E-state index is 12.8. The third kappa shape index (κ3) is 3.99. The second kappa shape index (κ2) is 7.95. The number of carbonyl (C=O) groups excluding carboxylic acids is 1. The summed E-state index contributed by atoms with van der Waals surface area (Å²) in [6.45, 7) is 7.51. The number of halogens is 1. The van der Waals surface area contributed by atoms with Crippen molar-refractivity contribution in [2.24, 2.45) is 0 Å². The van der Waals surface area contributed by atoms with Gasteiger partial charge in [0, 0.05) is 56.0 Å². The number of benzene rings is 1. The minimum absolute atomic E-state index is 0.100. The fourth-order valence-corrected chi connectivity index (χ4v) is 4.42. The second-order valence-electron chi connectivity index (χ2n) is 7.44. The first-order chi connectivity index (χ1) is 13.1. The number of hydrogen-bond donors (Lipinski definition) is 0. The number of aryl methyl sites for hydroxylation is 1. The van der Waals surface area contributed by atoms with E-state index >= 15 is 0 Å². The van der Waals surface area contributed by atoms with E-state index in [1.165, 1.54) is 5.69 Å². The Kier molecular flexibility index (Phi) is 5.41. The zero-order valence-corrected chi connectivity index (χ0v) is 16.5. The van der Waals surface area contributed by atoms with Crippen molar-refractivity contribution in [1.29, 1.82) is 0 Å². The molecule has 144 valence electrons. The quantitative estimate of drug-likeness (QED) is 0.805. The average molecular weight is 388 g/mol. The van der Waals surface area contributed by atoms with E-state index in [1.54, 1.807) is 12.3 Å². The lowest BCUT2D eigenvalue weighted by molar-refractivity contribution is 0.0562. The number of piperidine rings is 1. The number of anilines is 1. The summed E-state index contributed by atoms with van der Waals surface area (Å²) in [7, 11) is 0. The molecule has 0 bridgehead atoms. The lowest BCUT2D eigenvalue weighted by Crippen LogP contribution is -2.55. The second-order valence-corrected chi connectivity index (χ2v) is 7.88. The molecule has 2 aromatic rings. The predicted octanol–water partition coefficient (Wildman–Crippen LogP) is 3.67. The normalized spacial score (nSPS) is 21.5. The van der Waals surface area contributed by atoms with Gasteiger partial charge in [-0.1, -0.05) is 17.7 Å². The Bertz CT molecular complexity index is 798. The van der Waals surface area contributed by atoms with Crippen molar-refractivity contribution in [2.75, 3.05) is 44.2 Å². The molecule has 0 aliphatic carbocycles. The van der Waals surface area contributed by atoms with E-state index in [9.17, 15) is 4.79 Å². The largest absolute Gasteiger partial charge is 0.469 e. The van der Waals surface area contributed by atoms with Gasteiger partial charge >= 0.3 is 0 Å². The van der Waals surface area contributed by atoms with Crippen LogP contribution in [0.2, 0.25) is 5.02 Å². The van der Waals surface area contributed by atoms with E-state index in [-0.39, 0.29) is 5.91 Å². The minimum atomic E-state index is 0.100. The van der Waals surface area contributed by atoms with Crippen LogP contribution in [0, 0.1) is 6.92 Å². The van der Waals surface area contributed by atoms with Gasteiger partial charge in [-0.15, -0.1) is 0 Å². The highest BCUT2D eigenvalue weighted by Gasteiger charge is 2.31. The lowest BCUT2D eigenvalue weighted by Gasteiger charge is -2.44. The van der Waals surface area contributed by atoms with Crippen LogP contribution in [0.25, 0.3) is 0 Å². The molecule has 1 aromatic carbocycles. The van der Waals surface area contributed by atoms with E-state index in [1.807, 2.05) is 30.0 Å². The molecule has 1 atom stereocenters. The summed E-state index contributed by atoms with van der Waals surface area (Å²) >= 11 is 6.13. The molecule has 0 spiro atoms. The first-order valence-electron chi connectivity index (χ1n) is 9.70. The van der Waals surface area contributed by atoms with Crippen molar-refractivity contribution in [3.63, 3.8) is 0 Å². The SMILES string of the molecule is Cc1occc1C(=O)N1CCC[C@@H](N2CCN(c3cccc(Cl)c3)CC2)C1. The van der Waals surface area contributed by atoms with E-state index in [0.29, 0.717) is 17.4 Å². The van der Waals surface area contributed by atoms with Crippen LogP contribution in [-0.4, -0.2) is 61.0 Å². The van der Waals surface area contributed by atoms with Crippen LogP contribution in [-0.2, 0) is 0 Å². The topological polar surface area (TPSA) is 39.9 Å². The molecule has 6 heteroatoms. The van der Waals surface area contributed by atoms with Gasteiger partial charge in [0.15, 0.2) is 0 Å².